The van der Waals surface area contributed by atoms with E-state index in [-0.39, 0.29) is 23.2 Å². The molecule has 0 aliphatic rings. The summed E-state index contributed by atoms with van der Waals surface area (Å²) in [7, 11) is 1.74. The van der Waals surface area contributed by atoms with Gasteiger partial charge in [-0.2, -0.15) is 30.3 Å². The maximum absolute atomic E-state index is 5.48. The molecule has 1 atom stereocenters. The van der Waals surface area contributed by atoms with E-state index in [9.17, 15) is 0 Å². The number of hydrogen-bond acceptors (Lipinski definition) is 1. The molecule has 0 aliphatic heterocycles. The minimum atomic E-state index is 0. The van der Waals surface area contributed by atoms with Gasteiger partial charge in [-0.25, -0.2) is 24.3 Å². The first kappa shape index (κ1) is 16.5. The molecule has 0 saturated heterocycles. The van der Waals surface area contributed by atoms with Crippen molar-refractivity contribution in [3.8, 4) is 0 Å². The van der Waals surface area contributed by atoms with Crippen LogP contribution in [0.1, 0.15) is 17.2 Å². The van der Waals surface area contributed by atoms with Crippen LogP contribution in [0.25, 0.3) is 0 Å². The molecule has 0 spiro atoms. The van der Waals surface area contributed by atoms with Gasteiger partial charge in [0.15, 0.2) is 0 Å². The van der Waals surface area contributed by atoms with Gasteiger partial charge >= 0.3 is 17.1 Å². The van der Waals surface area contributed by atoms with E-state index in [0.717, 1.165) is 0 Å². The van der Waals surface area contributed by atoms with Crippen LogP contribution in [0.5, 0.6) is 0 Å². The zero-order valence-corrected chi connectivity index (χ0v) is 12.5. The summed E-state index contributed by atoms with van der Waals surface area (Å²) in [6.07, 6.45) is 0.0613. The van der Waals surface area contributed by atoms with Crippen molar-refractivity contribution in [3.05, 3.63) is 96.1 Å². The average Bonchev–Trinajstić information content (AvgIpc) is 3.17. The van der Waals surface area contributed by atoms with Gasteiger partial charge in [0.2, 0.25) is 0 Å². The van der Waals surface area contributed by atoms with Crippen molar-refractivity contribution in [3.63, 3.8) is 0 Å². The molecule has 0 radical (unpaired) electrons. The summed E-state index contributed by atoms with van der Waals surface area (Å²) in [5, 5.41) is 0. The third kappa shape index (κ3) is 4.82. The van der Waals surface area contributed by atoms with Crippen LogP contribution in [-0.2, 0) is 21.8 Å². The molecule has 104 valence electrons. The van der Waals surface area contributed by atoms with Crippen molar-refractivity contribution in [2.75, 3.05) is 7.11 Å². The second-order valence-corrected chi connectivity index (χ2v) is 4.21. The summed E-state index contributed by atoms with van der Waals surface area (Å²) in [6.45, 7) is 0. The van der Waals surface area contributed by atoms with Crippen molar-refractivity contribution in [1.29, 1.82) is 0 Å². The van der Waals surface area contributed by atoms with Crippen LogP contribution in [0.4, 0.5) is 0 Å². The Morgan fingerprint density at radius 3 is 1.95 bits per heavy atom. The normalized spacial score (nSPS) is 10.8. The third-order valence-corrected chi connectivity index (χ3v) is 2.88. The largest absolute Gasteiger partial charge is 2.00 e. The van der Waals surface area contributed by atoms with Crippen LogP contribution in [0.2, 0.25) is 0 Å². The third-order valence-electron chi connectivity index (χ3n) is 2.88. The van der Waals surface area contributed by atoms with Gasteiger partial charge in [-0.3, -0.25) is 0 Å². The van der Waals surface area contributed by atoms with Gasteiger partial charge in [0.05, 0.1) is 6.10 Å². The average molecular weight is 306 g/mol. The fourth-order valence-corrected chi connectivity index (χ4v) is 1.98. The monoisotopic (exact) mass is 306 g/mol. The van der Waals surface area contributed by atoms with E-state index >= 15 is 0 Å². The summed E-state index contributed by atoms with van der Waals surface area (Å²) in [5.74, 6) is 0. The number of methoxy groups -OCH3 is 1. The standard InChI is InChI=1S/C13H13O.C5H5.Fe/c1-14-13(12-9-5-6-10-12)11-7-3-2-4-8-11;1-2-4-5-3-1;/h2-10,13H,1H3;1-5H;/q2*-1;+2. The van der Waals surface area contributed by atoms with E-state index in [1.807, 2.05) is 60.7 Å². The summed E-state index contributed by atoms with van der Waals surface area (Å²) in [4.78, 5) is 0. The predicted molar refractivity (Wildman–Crippen MR) is 79.4 cm³/mol. The van der Waals surface area contributed by atoms with Gasteiger partial charge in [-0.15, -0.1) is 5.56 Å². The molecule has 1 unspecified atom stereocenters. The van der Waals surface area contributed by atoms with Crippen LogP contribution < -0.4 is 0 Å². The van der Waals surface area contributed by atoms with Crippen LogP contribution in [0.3, 0.4) is 0 Å². The Morgan fingerprint density at radius 1 is 0.900 bits per heavy atom. The van der Waals surface area contributed by atoms with Crippen molar-refractivity contribution in [2.24, 2.45) is 0 Å². The molecule has 2 heteroatoms. The summed E-state index contributed by atoms with van der Waals surface area (Å²) >= 11 is 0. The molecule has 3 aromatic carbocycles. The van der Waals surface area contributed by atoms with Gasteiger partial charge < -0.3 is 4.74 Å². The molecular weight excluding hydrogens is 288 g/mol. The van der Waals surface area contributed by atoms with Crippen molar-refractivity contribution in [2.45, 2.75) is 6.10 Å². The van der Waals surface area contributed by atoms with Gasteiger partial charge in [0.25, 0.3) is 0 Å². The van der Waals surface area contributed by atoms with E-state index in [2.05, 4.69) is 24.3 Å². The summed E-state index contributed by atoms with van der Waals surface area (Å²) < 4.78 is 5.48. The first-order valence-corrected chi connectivity index (χ1v) is 6.38. The van der Waals surface area contributed by atoms with Gasteiger partial charge in [-0.05, 0) is 5.56 Å². The molecule has 0 aliphatic carbocycles. The Balaban J connectivity index is 0.000000283. The molecule has 0 aromatic heterocycles. The zero-order valence-electron chi connectivity index (χ0n) is 11.4. The minimum Gasteiger partial charge on any atom is -0.384 e. The quantitative estimate of drug-likeness (QED) is 0.510. The molecule has 3 rings (SSSR count). The van der Waals surface area contributed by atoms with Crippen molar-refractivity contribution in [1.82, 2.24) is 0 Å². The fourth-order valence-electron chi connectivity index (χ4n) is 1.98. The number of rotatable bonds is 3. The summed E-state index contributed by atoms with van der Waals surface area (Å²) in [5.41, 5.74) is 2.40. The van der Waals surface area contributed by atoms with Crippen LogP contribution in [0, 0.1) is 0 Å². The van der Waals surface area contributed by atoms with Crippen LogP contribution in [0.15, 0.2) is 84.9 Å². The molecule has 20 heavy (non-hydrogen) atoms. The van der Waals surface area contributed by atoms with Crippen molar-refractivity contribution >= 4 is 0 Å². The second kappa shape index (κ2) is 9.33. The maximum atomic E-state index is 5.48. The van der Waals surface area contributed by atoms with Gasteiger partial charge in [0.1, 0.15) is 0 Å². The van der Waals surface area contributed by atoms with Crippen LogP contribution >= 0.6 is 0 Å². The molecule has 1 nitrogen and oxygen atoms in total. The fraction of sp³-hybridized carbons (Fsp3) is 0.111. The maximum Gasteiger partial charge on any atom is 2.00 e. The van der Waals surface area contributed by atoms with E-state index in [4.69, 9.17) is 4.74 Å². The minimum absolute atomic E-state index is 0. The van der Waals surface area contributed by atoms with Gasteiger partial charge in [0, 0.05) is 7.11 Å². The van der Waals surface area contributed by atoms with E-state index < -0.39 is 0 Å². The molecule has 0 bridgehead atoms. The first-order chi connectivity index (χ1) is 9.42. The van der Waals surface area contributed by atoms with E-state index in [1.54, 1.807) is 7.11 Å². The van der Waals surface area contributed by atoms with E-state index in [1.165, 1.54) is 11.1 Å². The number of benzene rings is 1. The van der Waals surface area contributed by atoms with E-state index in [0.29, 0.717) is 0 Å². The summed E-state index contributed by atoms with van der Waals surface area (Å²) in [6, 6.07) is 28.5. The molecule has 3 aromatic rings. The molecule has 0 heterocycles. The SMILES string of the molecule is COC(c1ccccc1)[c-]1cccc1.[Fe+2].c1cc[cH-]c1. The van der Waals surface area contributed by atoms with Crippen LogP contribution in [-0.4, -0.2) is 7.11 Å². The first-order valence-electron chi connectivity index (χ1n) is 6.38. The Morgan fingerprint density at radius 2 is 1.50 bits per heavy atom. The second-order valence-electron chi connectivity index (χ2n) is 4.21. The van der Waals surface area contributed by atoms with Gasteiger partial charge in [-0.1, -0.05) is 30.3 Å². The Labute approximate surface area is 131 Å². The Bertz CT molecular complexity index is 509. The molecule has 0 amide bonds. The zero-order chi connectivity index (χ0) is 13.3. The number of ether oxygens (including phenoxy) is 1. The topological polar surface area (TPSA) is 9.23 Å². The molecule has 0 N–H and O–H groups in total. The smallest absolute Gasteiger partial charge is 0.384 e. The molecule has 0 saturated carbocycles. The Kier molecular flexibility index (Phi) is 7.67. The molecular formula is C18H18FeO. The Hall–Kier alpha value is -1.60. The predicted octanol–water partition coefficient (Wildman–Crippen LogP) is 4.54. The van der Waals surface area contributed by atoms with Crippen molar-refractivity contribution < 1.29 is 21.8 Å². The number of hydrogen-bond donors (Lipinski definition) is 0. The molecule has 0 fully saturated rings.